The molecule has 1 heterocycles. The van der Waals surface area contributed by atoms with Crippen LogP contribution in [0.3, 0.4) is 0 Å². The minimum Gasteiger partial charge on any atom is -0.276 e. The van der Waals surface area contributed by atoms with Gasteiger partial charge in [-0.2, -0.15) is 5.10 Å². The lowest BCUT2D eigenvalue weighted by molar-refractivity contribution is 0.766. The molecular weight excluding hydrogens is 148 g/mol. The van der Waals surface area contributed by atoms with Crippen molar-refractivity contribution in [3.8, 4) is 0 Å². The summed E-state index contributed by atoms with van der Waals surface area (Å²) in [6, 6.07) is 0. The van der Waals surface area contributed by atoms with Crippen molar-refractivity contribution in [1.82, 2.24) is 9.78 Å². The van der Waals surface area contributed by atoms with Crippen molar-refractivity contribution in [2.45, 2.75) is 40.0 Å². The van der Waals surface area contributed by atoms with Crippen LogP contribution in [0.1, 0.15) is 39.2 Å². The molecule has 0 aliphatic rings. The van der Waals surface area contributed by atoms with Crippen molar-refractivity contribution in [1.29, 1.82) is 0 Å². The summed E-state index contributed by atoms with van der Waals surface area (Å²) in [6.07, 6.45) is 7.58. The van der Waals surface area contributed by atoms with Crippen LogP contribution in [0.4, 0.5) is 0 Å². The fourth-order valence-corrected chi connectivity index (χ4v) is 0.890. The largest absolute Gasteiger partial charge is 0.276 e. The third-order valence-corrected chi connectivity index (χ3v) is 1.30. The summed E-state index contributed by atoms with van der Waals surface area (Å²) in [4.78, 5) is 0. The van der Waals surface area contributed by atoms with Crippen LogP contribution in [0.25, 0.3) is 0 Å². The maximum absolute atomic E-state index is 4.05. The van der Waals surface area contributed by atoms with Crippen LogP contribution in [0.15, 0.2) is 12.4 Å². The van der Waals surface area contributed by atoms with Gasteiger partial charge in [-0.15, -0.1) is 0 Å². The molecule has 0 aliphatic carbocycles. The van der Waals surface area contributed by atoms with Gasteiger partial charge in [0.15, 0.2) is 0 Å². The van der Waals surface area contributed by atoms with E-state index in [9.17, 15) is 0 Å². The molecule has 0 atom stereocenters. The maximum Gasteiger partial charge on any atom is 0.0521 e. The number of aromatic nitrogens is 2. The van der Waals surface area contributed by atoms with Crippen LogP contribution in [0, 0.1) is 0 Å². The Morgan fingerprint density at radius 1 is 1.33 bits per heavy atom. The van der Waals surface area contributed by atoms with E-state index < -0.39 is 0 Å². The predicted molar refractivity (Wildman–Crippen MR) is 53.2 cm³/mol. The molecule has 1 aromatic heterocycles. The van der Waals surface area contributed by atoms with Gasteiger partial charge in [0.1, 0.15) is 0 Å². The van der Waals surface area contributed by atoms with E-state index in [0.29, 0.717) is 0 Å². The lowest BCUT2D eigenvalue weighted by Crippen LogP contribution is -1.84. The van der Waals surface area contributed by atoms with E-state index in [4.69, 9.17) is 0 Å². The lowest BCUT2D eigenvalue weighted by Gasteiger charge is -1.86. The third kappa shape index (κ3) is 4.94. The molecule has 70 valence electrons. The molecule has 2 heteroatoms. The average Bonchev–Trinajstić information content (AvgIpc) is 2.38. The summed E-state index contributed by atoms with van der Waals surface area (Å²) >= 11 is 0. The maximum atomic E-state index is 4.05. The number of rotatable bonds is 2. The quantitative estimate of drug-likeness (QED) is 0.664. The molecule has 0 amide bonds. The average molecular weight is 168 g/mol. The first kappa shape index (κ1) is 11.2. The molecule has 0 saturated carbocycles. The molecule has 0 unspecified atom stereocenters. The van der Waals surface area contributed by atoms with Gasteiger partial charge >= 0.3 is 0 Å². The summed E-state index contributed by atoms with van der Waals surface area (Å²) in [5.74, 6) is 0. The van der Waals surface area contributed by atoms with Crippen LogP contribution in [-0.4, -0.2) is 9.78 Å². The van der Waals surface area contributed by atoms with Gasteiger partial charge < -0.3 is 0 Å². The first-order valence-electron chi connectivity index (χ1n) is 4.72. The van der Waals surface area contributed by atoms with E-state index in [-0.39, 0.29) is 0 Å². The lowest BCUT2D eigenvalue weighted by atomic mass is 10.2. The Morgan fingerprint density at radius 2 is 1.92 bits per heavy atom. The van der Waals surface area contributed by atoms with Gasteiger partial charge in [-0.1, -0.05) is 33.6 Å². The van der Waals surface area contributed by atoms with Crippen LogP contribution in [0.2, 0.25) is 0 Å². The van der Waals surface area contributed by atoms with Gasteiger partial charge in [0.05, 0.1) is 6.20 Å². The van der Waals surface area contributed by atoms with Crippen molar-refractivity contribution in [3.05, 3.63) is 18.0 Å². The van der Waals surface area contributed by atoms with E-state index >= 15 is 0 Å². The molecule has 0 aromatic carbocycles. The Morgan fingerprint density at radius 3 is 2.25 bits per heavy atom. The normalized spacial score (nSPS) is 9.00. The molecule has 0 bridgehead atoms. The zero-order valence-corrected chi connectivity index (χ0v) is 8.67. The summed E-state index contributed by atoms with van der Waals surface area (Å²) in [5, 5.41) is 4.05. The second kappa shape index (κ2) is 6.89. The fraction of sp³-hybridized carbons (Fsp3) is 0.700. The highest BCUT2D eigenvalue weighted by Gasteiger charge is 1.91. The zero-order valence-electron chi connectivity index (χ0n) is 8.67. The third-order valence-electron chi connectivity index (χ3n) is 1.30. The first-order chi connectivity index (χ1) is 5.74. The molecule has 12 heavy (non-hydrogen) atoms. The van der Waals surface area contributed by atoms with E-state index in [0.717, 1.165) is 6.42 Å². The number of hydrogen-bond acceptors (Lipinski definition) is 1. The minimum atomic E-state index is 1.15. The molecule has 1 rings (SSSR count). The second-order valence-corrected chi connectivity index (χ2v) is 2.98. The molecular formula is C10H20N2. The van der Waals surface area contributed by atoms with Gasteiger partial charge in [0.2, 0.25) is 0 Å². The minimum absolute atomic E-state index is 1.15. The molecule has 0 aliphatic heterocycles. The fourth-order valence-electron chi connectivity index (χ4n) is 0.890. The molecule has 2 nitrogen and oxygen atoms in total. The molecule has 0 N–H and O–H groups in total. The van der Waals surface area contributed by atoms with E-state index in [1.807, 2.05) is 17.9 Å². The highest BCUT2D eigenvalue weighted by Crippen LogP contribution is 1.98. The zero-order chi connectivity index (χ0) is 9.40. The Labute approximate surface area is 75.6 Å². The monoisotopic (exact) mass is 168 g/mol. The standard InChI is InChI=1S/C7H12N2.C3H8/c1-3-4-7-5-8-9(2)6-7;1-3-2/h5-6H,3-4H2,1-2H3;3H2,1-2H3. The molecule has 0 fully saturated rings. The molecule has 1 aromatic rings. The van der Waals surface area contributed by atoms with Crippen LogP contribution in [0.5, 0.6) is 0 Å². The summed E-state index contributed by atoms with van der Waals surface area (Å²) in [6.45, 7) is 6.42. The van der Waals surface area contributed by atoms with Crippen molar-refractivity contribution in [3.63, 3.8) is 0 Å². The topological polar surface area (TPSA) is 17.8 Å². The van der Waals surface area contributed by atoms with Gasteiger partial charge in [0, 0.05) is 13.2 Å². The van der Waals surface area contributed by atoms with Crippen molar-refractivity contribution >= 4 is 0 Å². The first-order valence-corrected chi connectivity index (χ1v) is 4.72. The van der Waals surface area contributed by atoms with Gasteiger partial charge in [-0.25, -0.2) is 0 Å². The smallest absolute Gasteiger partial charge is 0.0521 e. The SMILES string of the molecule is CCC.CCCc1cnn(C)c1. The van der Waals surface area contributed by atoms with Crippen molar-refractivity contribution < 1.29 is 0 Å². The number of hydrogen-bond donors (Lipinski definition) is 0. The molecule has 0 saturated heterocycles. The van der Waals surface area contributed by atoms with Crippen LogP contribution >= 0.6 is 0 Å². The van der Waals surface area contributed by atoms with Gasteiger partial charge in [0.25, 0.3) is 0 Å². The Bertz CT molecular complexity index is 191. The number of nitrogens with zero attached hydrogens (tertiary/aromatic N) is 2. The summed E-state index contributed by atoms with van der Waals surface area (Å²) in [5.41, 5.74) is 1.33. The molecule has 0 radical (unpaired) electrons. The highest BCUT2D eigenvalue weighted by atomic mass is 15.2. The highest BCUT2D eigenvalue weighted by molar-refractivity contribution is 5.02. The second-order valence-electron chi connectivity index (χ2n) is 2.98. The van der Waals surface area contributed by atoms with E-state index in [2.05, 4.69) is 32.1 Å². The van der Waals surface area contributed by atoms with E-state index in [1.54, 1.807) is 0 Å². The van der Waals surface area contributed by atoms with Crippen LogP contribution < -0.4 is 0 Å². The van der Waals surface area contributed by atoms with Crippen molar-refractivity contribution in [2.24, 2.45) is 7.05 Å². The van der Waals surface area contributed by atoms with Crippen LogP contribution in [-0.2, 0) is 13.5 Å². The predicted octanol–water partition coefficient (Wildman–Crippen LogP) is 2.79. The Balaban J connectivity index is 0.000000354. The van der Waals surface area contributed by atoms with Gasteiger partial charge in [-0.3, -0.25) is 4.68 Å². The Hall–Kier alpha value is -0.790. The molecule has 0 spiro atoms. The Kier molecular flexibility index (Phi) is 6.44. The van der Waals surface area contributed by atoms with Gasteiger partial charge in [-0.05, 0) is 12.0 Å². The summed E-state index contributed by atoms with van der Waals surface area (Å²) < 4.78 is 1.84. The van der Waals surface area contributed by atoms with E-state index in [1.165, 1.54) is 18.4 Å². The van der Waals surface area contributed by atoms with Crippen molar-refractivity contribution in [2.75, 3.05) is 0 Å². The summed E-state index contributed by atoms with van der Waals surface area (Å²) in [7, 11) is 1.94. The number of aryl methyl sites for hydroxylation is 2.